The number of aliphatic carboxylic acids is 1. The van der Waals surface area contributed by atoms with Crippen LogP contribution in [0.4, 0.5) is 0 Å². The highest BCUT2D eigenvalue weighted by Crippen LogP contribution is 2.11. The molecule has 7 N–H and O–H groups in total. The fourth-order valence-corrected chi connectivity index (χ4v) is 3.40. The van der Waals surface area contributed by atoms with Gasteiger partial charge in [0.1, 0.15) is 24.2 Å². The fourth-order valence-electron chi connectivity index (χ4n) is 3.40. The van der Waals surface area contributed by atoms with Crippen LogP contribution in [0, 0.1) is 29.6 Å². The lowest BCUT2D eigenvalue weighted by Crippen LogP contribution is -2.61. The molecule has 0 aliphatic heterocycles. The predicted molar refractivity (Wildman–Crippen MR) is 138 cm³/mol. The molecular formula is C25H47N5O6. The highest BCUT2D eigenvalue weighted by atomic mass is 16.4. The maximum atomic E-state index is 13.2. The van der Waals surface area contributed by atoms with Gasteiger partial charge in [-0.3, -0.25) is 19.2 Å². The summed E-state index contributed by atoms with van der Waals surface area (Å²) in [5.74, 6) is -4.82. The van der Waals surface area contributed by atoms with E-state index in [0.29, 0.717) is 0 Å². The zero-order valence-electron chi connectivity index (χ0n) is 23.3. The van der Waals surface area contributed by atoms with Gasteiger partial charge in [-0.1, -0.05) is 69.2 Å². The van der Waals surface area contributed by atoms with E-state index in [2.05, 4.69) is 21.3 Å². The number of nitrogens with two attached hydrogens (primary N) is 1. The summed E-state index contributed by atoms with van der Waals surface area (Å²) in [6, 6.07) is -4.81. The molecule has 0 saturated carbocycles. The summed E-state index contributed by atoms with van der Waals surface area (Å²) >= 11 is 0. The maximum Gasteiger partial charge on any atom is 0.326 e. The Bertz CT molecular complexity index is 781. The van der Waals surface area contributed by atoms with Crippen molar-refractivity contribution in [2.24, 2.45) is 35.3 Å². The van der Waals surface area contributed by atoms with Crippen LogP contribution in [0.3, 0.4) is 0 Å². The van der Waals surface area contributed by atoms with Crippen molar-refractivity contribution < 1.29 is 29.1 Å². The Morgan fingerprint density at radius 3 is 0.944 bits per heavy atom. The number of hydrogen-bond donors (Lipinski definition) is 6. The average Bonchev–Trinajstić information content (AvgIpc) is 2.75. The van der Waals surface area contributed by atoms with Crippen molar-refractivity contribution >= 4 is 29.6 Å². The Hall–Kier alpha value is -2.69. The molecule has 0 aromatic carbocycles. The van der Waals surface area contributed by atoms with Crippen LogP contribution in [0.1, 0.15) is 69.2 Å². The lowest BCUT2D eigenvalue weighted by Gasteiger charge is -2.30. The molecule has 0 aliphatic carbocycles. The minimum atomic E-state index is -1.17. The van der Waals surface area contributed by atoms with Crippen molar-refractivity contribution in [2.45, 2.75) is 99.4 Å². The first kappa shape index (κ1) is 33.3. The number of carboxylic acids is 1. The number of carbonyl (C=O) groups excluding carboxylic acids is 4. The van der Waals surface area contributed by atoms with Gasteiger partial charge in [-0.25, -0.2) is 4.79 Å². The molecule has 0 radical (unpaired) electrons. The van der Waals surface area contributed by atoms with Gasteiger partial charge in [-0.05, 0) is 29.6 Å². The number of carboxylic acid groups (broad SMARTS) is 1. The molecule has 36 heavy (non-hydrogen) atoms. The van der Waals surface area contributed by atoms with E-state index in [1.807, 2.05) is 0 Å². The summed E-state index contributed by atoms with van der Waals surface area (Å²) in [4.78, 5) is 63.1. The van der Waals surface area contributed by atoms with Gasteiger partial charge in [0.25, 0.3) is 0 Å². The van der Waals surface area contributed by atoms with E-state index >= 15 is 0 Å². The molecular weight excluding hydrogens is 466 g/mol. The van der Waals surface area contributed by atoms with Gasteiger partial charge in [-0.2, -0.15) is 0 Å². The van der Waals surface area contributed by atoms with Gasteiger partial charge >= 0.3 is 5.97 Å². The fraction of sp³-hybridized carbons (Fsp3) is 0.800. The Morgan fingerprint density at radius 1 is 0.472 bits per heavy atom. The predicted octanol–water partition coefficient (Wildman–Crippen LogP) is 0.618. The van der Waals surface area contributed by atoms with Crippen LogP contribution >= 0.6 is 0 Å². The normalized spacial score (nSPS) is 15.9. The summed E-state index contributed by atoms with van der Waals surface area (Å²) < 4.78 is 0. The second kappa shape index (κ2) is 14.8. The standard InChI is InChI=1S/C25H47N5O6/c1-11(2)16(26)21(31)27-17(12(3)4)22(32)28-18(13(5)6)23(33)29-19(14(7)8)24(34)30-20(15(9)10)25(35)36/h11-20H,26H2,1-10H3,(H,27,31)(H,28,32)(H,29,33)(H,30,34)(H,35,36)/t16-,17+,18-,19+,20-/m1/s1. The van der Waals surface area contributed by atoms with E-state index in [1.165, 1.54) is 0 Å². The molecule has 0 aromatic heterocycles. The second-order valence-corrected chi connectivity index (χ2v) is 11.0. The first-order valence-electron chi connectivity index (χ1n) is 12.6. The van der Waals surface area contributed by atoms with Crippen molar-refractivity contribution in [3.63, 3.8) is 0 Å². The van der Waals surface area contributed by atoms with E-state index in [4.69, 9.17) is 5.73 Å². The van der Waals surface area contributed by atoms with Gasteiger partial charge < -0.3 is 32.1 Å². The van der Waals surface area contributed by atoms with E-state index in [-0.39, 0.29) is 29.6 Å². The first-order valence-corrected chi connectivity index (χ1v) is 12.6. The van der Waals surface area contributed by atoms with Crippen LogP contribution in [0.25, 0.3) is 0 Å². The average molecular weight is 514 g/mol. The van der Waals surface area contributed by atoms with Crippen molar-refractivity contribution in [1.29, 1.82) is 0 Å². The molecule has 0 spiro atoms. The molecule has 4 amide bonds. The molecule has 5 atom stereocenters. The van der Waals surface area contributed by atoms with Gasteiger partial charge in [0.2, 0.25) is 23.6 Å². The van der Waals surface area contributed by atoms with Crippen molar-refractivity contribution in [2.75, 3.05) is 0 Å². The lowest BCUT2D eigenvalue weighted by atomic mass is 9.97. The molecule has 0 aromatic rings. The second-order valence-electron chi connectivity index (χ2n) is 11.0. The molecule has 11 heteroatoms. The van der Waals surface area contributed by atoms with Crippen molar-refractivity contribution in [1.82, 2.24) is 21.3 Å². The smallest absolute Gasteiger partial charge is 0.326 e. The highest BCUT2D eigenvalue weighted by Gasteiger charge is 2.35. The first-order chi connectivity index (χ1) is 16.4. The number of amides is 4. The topological polar surface area (TPSA) is 180 Å². The zero-order chi connectivity index (χ0) is 28.5. The molecule has 0 bridgehead atoms. The monoisotopic (exact) mass is 513 g/mol. The number of nitrogens with one attached hydrogen (secondary N) is 4. The van der Waals surface area contributed by atoms with Crippen LogP contribution < -0.4 is 27.0 Å². The summed E-state index contributed by atoms with van der Waals surface area (Å²) in [6.07, 6.45) is 0. The lowest BCUT2D eigenvalue weighted by molar-refractivity contribution is -0.144. The van der Waals surface area contributed by atoms with Gasteiger partial charge in [0.05, 0.1) is 6.04 Å². The molecule has 0 unspecified atom stereocenters. The summed E-state index contributed by atoms with van der Waals surface area (Å²) in [6.45, 7) is 17.4. The number of rotatable bonds is 14. The maximum absolute atomic E-state index is 13.2. The number of hydrogen-bond acceptors (Lipinski definition) is 6. The Balaban J connectivity index is 5.64. The molecule has 0 heterocycles. The zero-order valence-corrected chi connectivity index (χ0v) is 23.3. The minimum absolute atomic E-state index is 0.120. The van der Waals surface area contributed by atoms with E-state index in [9.17, 15) is 29.1 Å². The summed E-state index contributed by atoms with van der Waals surface area (Å²) in [7, 11) is 0. The highest BCUT2D eigenvalue weighted by molar-refractivity contribution is 5.95. The molecule has 0 rings (SSSR count). The van der Waals surface area contributed by atoms with E-state index < -0.39 is 59.8 Å². The third kappa shape index (κ3) is 10.1. The Kier molecular flexibility index (Phi) is 13.7. The van der Waals surface area contributed by atoms with Crippen LogP contribution in [0.2, 0.25) is 0 Å². The quantitative estimate of drug-likeness (QED) is 0.197. The summed E-state index contributed by atoms with van der Waals surface area (Å²) in [5.41, 5.74) is 5.91. The van der Waals surface area contributed by atoms with Crippen LogP contribution in [-0.2, 0) is 24.0 Å². The van der Waals surface area contributed by atoms with Crippen LogP contribution in [0.15, 0.2) is 0 Å². The largest absolute Gasteiger partial charge is 0.480 e. The number of carbonyl (C=O) groups is 5. The molecule has 208 valence electrons. The van der Waals surface area contributed by atoms with Crippen molar-refractivity contribution in [3.8, 4) is 0 Å². The summed E-state index contributed by atoms with van der Waals surface area (Å²) in [5, 5.41) is 19.9. The minimum Gasteiger partial charge on any atom is -0.480 e. The molecule has 0 aliphatic rings. The Labute approximate surface area is 215 Å². The van der Waals surface area contributed by atoms with Gasteiger partial charge in [0, 0.05) is 0 Å². The van der Waals surface area contributed by atoms with E-state index in [1.54, 1.807) is 69.2 Å². The van der Waals surface area contributed by atoms with Gasteiger partial charge in [0.15, 0.2) is 0 Å². The SMILES string of the molecule is CC(C)[C@H](NC(=O)[C@H](N)C(C)C)C(=O)N[C@@H](C(=O)N[C@H](C(=O)N[C@@H](C(=O)O)C(C)C)C(C)C)C(C)C. The molecule has 11 nitrogen and oxygen atoms in total. The van der Waals surface area contributed by atoms with E-state index in [0.717, 1.165) is 0 Å². The van der Waals surface area contributed by atoms with Crippen LogP contribution in [-0.4, -0.2) is 64.9 Å². The third-order valence-corrected chi connectivity index (χ3v) is 5.99. The third-order valence-electron chi connectivity index (χ3n) is 5.99. The molecule has 0 fully saturated rings. The van der Waals surface area contributed by atoms with Crippen LogP contribution in [0.5, 0.6) is 0 Å². The van der Waals surface area contributed by atoms with Crippen molar-refractivity contribution in [3.05, 3.63) is 0 Å². The Morgan fingerprint density at radius 2 is 0.722 bits per heavy atom. The molecule has 0 saturated heterocycles. The van der Waals surface area contributed by atoms with Gasteiger partial charge in [-0.15, -0.1) is 0 Å².